The molecule has 92 valence electrons. The third-order valence-corrected chi connectivity index (χ3v) is 2.96. The number of imidazole rings is 1. The van der Waals surface area contributed by atoms with Crippen LogP contribution in [0.1, 0.15) is 5.56 Å². The van der Waals surface area contributed by atoms with E-state index in [0.717, 1.165) is 24.1 Å². The largest absolute Gasteiger partial charge is 0.369 e. The van der Waals surface area contributed by atoms with Crippen molar-refractivity contribution in [1.82, 2.24) is 24.5 Å². The summed E-state index contributed by atoms with van der Waals surface area (Å²) in [6.45, 7) is 3.50. The van der Waals surface area contributed by atoms with Gasteiger partial charge in [-0.2, -0.15) is 0 Å². The van der Waals surface area contributed by atoms with Gasteiger partial charge in [0.2, 0.25) is 5.95 Å². The van der Waals surface area contributed by atoms with Gasteiger partial charge in [0.25, 0.3) is 0 Å². The van der Waals surface area contributed by atoms with Crippen molar-refractivity contribution in [3.8, 4) is 0 Å². The Kier molecular flexibility index (Phi) is 2.47. The molecule has 2 N–H and O–H groups in total. The quantitative estimate of drug-likeness (QED) is 0.749. The number of benzene rings is 1. The molecule has 2 aromatic heterocycles. The fourth-order valence-electron chi connectivity index (χ4n) is 2.05. The molecular formula is C12H14N6. The lowest BCUT2D eigenvalue weighted by Crippen LogP contribution is -2.10. The summed E-state index contributed by atoms with van der Waals surface area (Å²) in [4.78, 5) is 4.37. The minimum Gasteiger partial charge on any atom is -0.369 e. The molecule has 0 aliphatic rings. The Morgan fingerprint density at radius 2 is 2.17 bits per heavy atom. The normalized spacial score (nSPS) is 11.2. The molecule has 1 aromatic carbocycles. The van der Waals surface area contributed by atoms with Crippen LogP contribution >= 0.6 is 0 Å². The molecular weight excluding hydrogens is 228 g/mol. The summed E-state index contributed by atoms with van der Waals surface area (Å²) >= 11 is 0. The Hall–Kier alpha value is -2.37. The van der Waals surface area contributed by atoms with Crippen LogP contribution in [0.5, 0.6) is 0 Å². The lowest BCUT2D eigenvalue weighted by atomic mass is 10.2. The molecule has 0 amide bonds. The van der Waals surface area contributed by atoms with Crippen molar-refractivity contribution < 1.29 is 0 Å². The standard InChI is InChI=1S/C12H14N6/c1-9-2-3-11-10(8-9)15-12(13)18(11)7-6-17-5-4-14-16-17/h2-5,8H,6-7H2,1H3,(H2,13,15). The highest BCUT2D eigenvalue weighted by atomic mass is 15.4. The van der Waals surface area contributed by atoms with Crippen LogP contribution in [-0.4, -0.2) is 24.5 Å². The predicted molar refractivity (Wildman–Crippen MR) is 68.9 cm³/mol. The number of nitrogens with zero attached hydrogens (tertiary/aromatic N) is 5. The molecule has 0 saturated heterocycles. The zero-order chi connectivity index (χ0) is 12.5. The van der Waals surface area contributed by atoms with Gasteiger partial charge in [-0.3, -0.25) is 4.68 Å². The molecule has 0 atom stereocenters. The van der Waals surface area contributed by atoms with E-state index >= 15 is 0 Å². The van der Waals surface area contributed by atoms with Gasteiger partial charge in [-0.1, -0.05) is 11.3 Å². The zero-order valence-electron chi connectivity index (χ0n) is 10.1. The monoisotopic (exact) mass is 242 g/mol. The number of hydrogen-bond donors (Lipinski definition) is 1. The van der Waals surface area contributed by atoms with Crippen LogP contribution in [0.15, 0.2) is 30.6 Å². The van der Waals surface area contributed by atoms with Crippen LogP contribution in [0.25, 0.3) is 11.0 Å². The zero-order valence-corrected chi connectivity index (χ0v) is 10.1. The van der Waals surface area contributed by atoms with E-state index in [9.17, 15) is 0 Å². The minimum absolute atomic E-state index is 0.538. The first-order valence-electron chi connectivity index (χ1n) is 5.80. The second-order valence-corrected chi connectivity index (χ2v) is 4.28. The molecule has 3 rings (SSSR count). The Labute approximate surface area is 104 Å². The van der Waals surface area contributed by atoms with Gasteiger partial charge in [-0.15, -0.1) is 5.10 Å². The topological polar surface area (TPSA) is 74.5 Å². The summed E-state index contributed by atoms with van der Waals surface area (Å²) in [6.07, 6.45) is 3.50. The van der Waals surface area contributed by atoms with E-state index in [4.69, 9.17) is 5.73 Å². The van der Waals surface area contributed by atoms with Crippen LogP contribution in [0.2, 0.25) is 0 Å². The fraction of sp³-hybridized carbons (Fsp3) is 0.250. The first-order valence-corrected chi connectivity index (χ1v) is 5.80. The van der Waals surface area contributed by atoms with Crippen LogP contribution in [-0.2, 0) is 13.1 Å². The third kappa shape index (κ3) is 1.81. The molecule has 0 unspecified atom stereocenters. The highest BCUT2D eigenvalue weighted by molar-refractivity contribution is 5.79. The summed E-state index contributed by atoms with van der Waals surface area (Å²) in [5, 5.41) is 7.71. The van der Waals surface area contributed by atoms with Crippen molar-refractivity contribution in [1.29, 1.82) is 0 Å². The molecule has 6 nitrogen and oxygen atoms in total. The first kappa shape index (κ1) is 10.8. The molecule has 18 heavy (non-hydrogen) atoms. The predicted octanol–water partition coefficient (Wildman–Crippen LogP) is 1.22. The van der Waals surface area contributed by atoms with E-state index in [2.05, 4.69) is 27.4 Å². The van der Waals surface area contributed by atoms with Gasteiger partial charge in [0, 0.05) is 12.7 Å². The number of aromatic nitrogens is 5. The van der Waals surface area contributed by atoms with Crippen LogP contribution < -0.4 is 5.73 Å². The van der Waals surface area contributed by atoms with E-state index in [1.807, 2.05) is 23.8 Å². The molecule has 0 aliphatic heterocycles. The summed E-state index contributed by atoms with van der Waals surface area (Å²) in [7, 11) is 0. The Bertz CT molecular complexity index is 667. The van der Waals surface area contributed by atoms with Gasteiger partial charge < -0.3 is 10.3 Å². The summed E-state index contributed by atoms with van der Waals surface area (Å²) in [5.41, 5.74) is 9.12. The number of aryl methyl sites for hydroxylation is 3. The van der Waals surface area contributed by atoms with Crippen molar-refractivity contribution >= 4 is 17.0 Å². The molecule has 0 aliphatic carbocycles. The van der Waals surface area contributed by atoms with Gasteiger partial charge in [-0.05, 0) is 24.6 Å². The molecule has 0 spiro atoms. The van der Waals surface area contributed by atoms with Gasteiger partial charge >= 0.3 is 0 Å². The number of nitrogens with two attached hydrogens (primary N) is 1. The SMILES string of the molecule is Cc1ccc2c(c1)nc(N)n2CCn1ccnn1. The van der Waals surface area contributed by atoms with Crippen LogP contribution in [0.3, 0.4) is 0 Å². The van der Waals surface area contributed by atoms with Crippen LogP contribution in [0.4, 0.5) is 5.95 Å². The summed E-state index contributed by atoms with van der Waals surface area (Å²) < 4.78 is 3.77. The minimum atomic E-state index is 0.538. The highest BCUT2D eigenvalue weighted by Crippen LogP contribution is 2.19. The fourth-order valence-corrected chi connectivity index (χ4v) is 2.05. The van der Waals surface area contributed by atoms with Crippen molar-refractivity contribution in [3.63, 3.8) is 0 Å². The van der Waals surface area contributed by atoms with Gasteiger partial charge in [0.1, 0.15) is 0 Å². The number of rotatable bonds is 3. The van der Waals surface area contributed by atoms with E-state index < -0.39 is 0 Å². The van der Waals surface area contributed by atoms with Gasteiger partial charge in [0.05, 0.1) is 23.8 Å². The van der Waals surface area contributed by atoms with E-state index in [0.29, 0.717) is 5.95 Å². The number of fused-ring (bicyclic) bond motifs is 1. The van der Waals surface area contributed by atoms with Crippen molar-refractivity contribution in [3.05, 3.63) is 36.2 Å². The second kappa shape index (κ2) is 4.14. The number of anilines is 1. The number of nitrogen functional groups attached to an aromatic ring is 1. The van der Waals surface area contributed by atoms with Gasteiger partial charge in [0.15, 0.2) is 0 Å². The molecule has 3 aromatic rings. The average Bonchev–Trinajstić information content (AvgIpc) is 2.93. The van der Waals surface area contributed by atoms with E-state index in [1.165, 1.54) is 5.56 Å². The molecule has 0 radical (unpaired) electrons. The maximum atomic E-state index is 5.95. The maximum absolute atomic E-state index is 5.95. The van der Waals surface area contributed by atoms with Crippen molar-refractivity contribution in [2.75, 3.05) is 5.73 Å². The lowest BCUT2D eigenvalue weighted by molar-refractivity contribution is 0.529. The van der Waals surface area contributed by atoms with Gasteiger partial charge in [-0.25, -0.2) is 4.98 Å². The third-order valence-electron chi connectivity index (χ3n) is 2.96. The van der Waals surface area contributed by atoms with E-state index in [-0.39, 0.29) is 0 Å². The molecule has 0 fully saturated rings. The smallest absolute Gasteiger partial charge is 0.201 e. The Morgan fingerprint density at radius 1 is 1.28 bits per heavy atom. The number of hydrogen-bond acceptors (Lipinski definition) is 4. The summed E-state index contributed by atoms with van der Waals surface area (Å²) in [5.74, 6) is 0.538. The molecule has 2 heterocycles. The second-order valence-electron chi connectivity index (χ2n) is 4.28. The van der Waals surface area contributed by atoms with E-state index in [1.54, 1.807) is 10.9 Å². The van der Waals surface area contributed by atoms with Crippen molar-refractivity contribution in [2.24, 2.45) is 0 Å². The summed E-state index contributed by atoms with van der Waals surface area (Å²) in [6, 6.07) is 6.16. The first-order chi connectivity index (χ1) is 8.74. The Morgan fingerprint density at radius 3 is 2.94 bits per heavy atom. The average molecular weight is 242 g/mol. The molecule has 0 saturated carbocycles. The Balaban J connectivity index is 1.93. The van der Waals surface area contributed by atoms with Crippen LogP contribution in [0, 0.1) is 6.92 Å². The highest BCUT2D eigenvalue weighted by Gasteiger charge is 2.07. The van der Waals surface area contributed by atoms with Crippen molar-refractivity contribution in [2.45, 2.75) is 20.0 Å². The maximum Gasteiger partial charge on any atom is 0.201 e. The lowest BCUT2D eigenvalue weighted by Gasteiger charge is -2.06. The molecule has 0 bridgehead atoms. The molecule has 6 heteroatoms.